The lowest BCUT2D eigenvalue weighted by Gasteiger charge is -2.36. The Morgan fingerprint density at radius 1 is 1.30 bits per heavy atom. The first-order valence-electron chi connectivity index (χ1n) is 7.50. The number of morpholine rings is 1. The summed E-state index contributed by atoms with van der Waals surface area (Å²) in [6.45, 7) is 7.06. The van der Waals surface area contributed by atoms with Crippen molar-refractivity contribution in [3.05, 3.63) is 29.3 Å². The summed E-state index contributed by atoms with van der Waals surface area (Å²) in [6, 6.07) is 7.34. The van der Waals surface area contributed by atoms with E-state index in [1.165, 1.54) is 17.5 Å². The molecule has 1 N–H and O–H groups in total. The van der Waals surface area contributed by atoms with Gasteiger partial charge in [0.25, 0.3) is 0 Å². The topological polar surface area (TPSA) is 33.7 Å². The summed E-state index contributed by atoms with van der Waals surface area (Å²) in [5.41, 5.74) is 2.63. The molecule has 0 aromatic heterocycles. The van der Waals surface area contributed by atoms with Crippen molar-refractivity contribution in [2.75, 3.05) is 40.0 Å². The molecule has 2 heterocycles. The standard InChI is InChI=1S/C16H24N2O2/c1-12-13(4-3-5-15(12)19-2)16-14(6-7-17-16)18-8-10-20-11-9-18/h3-5,14,16-17H,6-11H2,1-2H3/t14-,16-/m0/s1. The zero-order chi connectivity index (χ0) is 13.9. The first kappa shape index (κ1) is 13.9. The first-order chi connectivity index (χ1) is 9.81. The van der Waals surface area contributed by atoms with Crippen LogP contribution in [0.1, 0.15) is 23.6 Å². The molecule has 20 heavy (non-hydrogen) atoms. The van der Waals surface area contributed by atoms with Crippen molar-refractivity contribution in [3.8, 4) is 5.75 Å². The Morgan fingerprint density at radius 2 is 2.10 bits per heavy atom. The Kier molecular flexibility index (Phi) is 4.24. The predicted octanol–water partition coefficient (Wildman–Crippen LogP) is 1.74. The molecule has 1 aromatic carbocycles. The van der Waals surface area contributed by atoms with E-state index in [1.54, 1.807) is 7.11 Å². The van der Waals surface area contributed by atoms with Crippen molar-refractivity contribution in [2.24, 2.45) is 0 Å². The number of rotatable bonds is 3. The predicted molar refractivity (Wildman–Crippen MR) is 79.3 cm³/mol. The fraction of sp³-hybridized carbons (Fsp3) is 0.625. The van der Waals surface area contributed by atoms with E-state index in [2.05, 4.69) is 29.3 Å². The van der Waals surface area contributed by atoms with Crippen LogP contribution in [0, 0.1) is 6.92 Å². The van der Waals surface area contributed by atoms with E-state index < -0.39 is 0 Å². The average molecular weight is 276 g/mol. The van der Waals surface area contributed by atoms with Gasteiger partial charge in [-0.1, -0.05) is 12.1 Å². The molecule has 2 aliphatic heterocycles. The lowest BCUT2D eigenvalue weighted by atomic mass is 9.95. The van der Waals surface area contributed by atoms with Gasteiger partial charge in [0.1, 0.15) is 5.75 Å². The third-order valence-corrected chi connectivity index (χ3v) is 4.58. The van der Waals surface area contributed by atoms with Crippen LogP contribution >= 0.6 is 0 Å². The van der Waals surface area contributed by atoms with Crippen LogP contribution in [0.2, 0.25) is 0 Å². The number of hydrogen-bond acceptors (Lipinski definition) is 4. The van der Waals surface area contributed by atoms with Gasteiger partial charge in [-0.25, -0.2) is 0 Å². The minimum Gasteiger partial charge on any atom is -0.496 e. The van der Waals surface area contributed by atoms with Gasteiger partial charge < -0.3 is 14.8 Å². The fourth-order valence-electron chi connectivity index (χ4n) is 3.50. The Labute approximate surface area is 121 Å². The maximum absolute atomic E-state index is 5.48. The van der Waals surface area contributed by atoms with Crippen LogP contribution in [0.15, 0.2) is 18.2 Å². The van der Waals surface area contributed by atoms with Gasteiger partial charge in [0.05, 0.1) is 20.3 Å². The van der Waals surface area contributed by atoms with E-state index in [-0.39, 0.29) is 0 Å². The van der Waals surface area contributed by atoms with Crippen LogP contribution in [0.4, 0.5) is 0 Å². The van der Waals surface area contributed by atoms with Gasteiger partial charge in [-0.3, -0.25) is 4.90 Å². The van der Waals surface area contributed by atoms with Crippen LogP contribution in [0.25, 0.3) is 0 Å². The third-order valence-electron chi connectivity index (χ3n) is 4.58. The molecule has 110 valence electrons. The van der Waals surface area contributed by atoms with Crippen LogP contribution in [0.5, 0.6) is 5.75 Å². The molecule has 2 atom stereocenters. The van der Waals surface area contributed by atoms with E-state index >= 15 is 0 Å². The summed E-state index contributed by atoms with van der Waals surface area (Å²) in [5.74, 6) is 0.983. The zero-order valence-electron chi connectivity index (χ0n) is 12.4. The minimum absolute atomic E-state index is 0.406. The SMILES string of the molecule is COc1cccc([C@@H]2NCC[C@@H]2N2CCOCC2)c1C. The van der Waals surface area contributed by atoms with Crippen molar-refractivity contribution < 1.29 is 9.47 Å². The van der Waals surface area contributed by atoms with E-state index in [1.807, 2.05) is 6.07 Å². The number of methoxy groups -OCH3 is 1. The van der Waals surface area contributed by atoms with Gasteiger partial charge in [-0.15, -0.1) is 0 Å². The molecule has 3 rings (SSSR count). The summed E-state index contributed by atoms with van der Waals surface area (Å²) < 4.78 is 10.9. The highest BCUT2D eigenvalue weighted by Gasteiger charge is 2.34. The zero-order valence-corrected chi connectivity index (χ0v) is 12.4. The molecule has 2 saturated heterocycles. The van der Waals surface area contributed by atoms with Crippen LogP contribution in [0.3, 0.4) is 0 Å². The number of nitrogens with one attached hydrogen (secondary N) is 1. The number of hydrogen-bond donors (Lipinski definition) is 1. The molecular weight excluding hydrogens is 252 g/mol. The van der Waals surface area contributed by atoms with Gasteiger partial charge in [0.2, 0.25) is 0 Å². The van der Waals surface area contributed by atoms with Crippen LogP contribution in [-0.4, -0.2) is 50.9 Å². The smallest absolute Gasteiger partial charge is 0.122 e. The molecule has 2 aliphatic rings. The number of benzene rings is 1. The normalized spacial score (nSPS) is 27.7. The molecule has 0 amide bonds. The Balaban J connectivity index is 1.84. The summed E-state index contributed by atoms with van der Waals surface area (Å²) in [4.78, 5) is 2.58. The van der Waals surface area contributed by atoms with Crippen molar-refractivity contribution in [2.45, 2.75) is 25.4 Å². The van der Waals surface area contributed by atoms with Gasteiger partial charge in [-0.05, 0) is 37.1 Å². The van der Waals surface area contributed by atoms with E-state index in [4.69, 9.17) is 9.47 Å². The highest BCUT2D eigenvalue weighted by molar-refractivity contribution is 5.41. The molecule has 4 heteroatoms. The number of nitrogens with zero attached hydrogens (tertiary/aromatic N) is 1. The Bertz CT molecular complexity index is 458. The summed E-state index contributed by atoms with van der Waals surface area (Å²) in [6.07, 6.45) is 1.21. The molecule has 1 aromatic rings. The molecular formula is C16H24N2O2. The van der Waals surface area contributed by atoms with Crippen molar-refractivity contribution >= 4 is 0 Å². The second-order valence-corrected chi connectivity index (χ2v) is 5.61. The quantitative estimate of drug-likeness (QED) is 0.912. The molecule has 0 unspecified atom stereocenters. The summed E-state index contributed by atoms with van der Waals surface area (Å²) >= 11 is 0. The second-order valence-electron chi connectivity index (χ2n) is 5.61. The van der Waals surface area contributed by atoms with Crippen molar-refractivity contribution in [1.82, 2.24) is 10.2 Å². The van der Waals surface area contributed by atoms with Crippen LogP contribution < -0.4 is 10.1 Å². The van der Waals surface area contributed by atoms with Gasteiger partial charge in [0.15, 0.2) is 0 Å². The molecule has 0 aliphatic carbocycles. The second kappa shape index (κ2) is 6.12. The highest BCUT2D eigenvalue weighted by atomic mass is 16.5. The highest BCUT2D eigenvalue weighted by Crippen LogP contribution is 2.33. The monoisotopic (exact) mass is 276 g/mol. The van der Waals surface area contributed by atoms with Crippen LogP contribution in [-0.2, 0) is 4.74 Å². The first-order valence-corrected chi connectivity index (χ1v) is 7.50. The largest absolute Gasteiger partial charge is 0.496 e. The van der Waals surface area contributed by atoms with Crippen molar-refractivity contribution in [1.29, 1.82) is 0 Å². The van der Waals surface area contributed by atoms with E-state index in [0.29, 0.717) is 12.1 Å². The van der Waals surface area contributed by atoms with Gasteiger partial charge in [0, 0.05) is 25.2 Å². The van der Waals surface area contributed by atoms with Gasteiger partial charge >= 0.3 is 0 Å². The molecule has 2 fully saturated rings. The molecule has 0 bridgehead atoms. The fourth-order valence-corrected chi connectivity index (χ4v) is 3.50. The maximum atomic E-state index is 5.48. The molecule has 0 saturated carbocycles. The summed E-state index contributed by atoms with van der Waals surface area (Å²) in [7, 11) is 1.74. The summed E-state index contributed by atoms with van der Waals surface area (Å²) in [5, 5.41) is 3.67. The third kappa shape index (κ3) is 2.55. The lowest BCUT2D eigenvalue weighted by molar-refractivity contribution is 0.0138. The molecule has 0 spiro atoms. The van der Waals surface area contributed by atoms with E-state index in [9.17, 15) is 0 Å². The van der Waals surface area contributed by atoms with Crippen molar-refractivity contribution in [3.63, 3.8) is 0 Å². The van der Waals surface area contributed by atoms with Gasteiger partial charge in [-0.2, -0.15) is 0 Å². The Hall–Kier alpha value is -1.10. The van der Waals surface area contributed by atoms with E-state index in [0.717, 1.165) is 38.6 Å². The average Bonchev–Trinajstić information content (AvgIpc) is 2.97. The number of ether oxygens (including phenoxy) is 2. The molecule has 4 nitrogen and oxygen atoms in total. The lowest BCUT2D eigenvalue weighted by Crippen LogP contribution is -2.45. The Morgan fingerprint density at radius 3 is 2.85 bits per heavy atom. The minimum atomic E-state index is 0.406. The maximum Gasteiger partial charge on any atom is 0.122 e. The molecule has 0 radical (unpaired) electrons.